The van der Waals surface area contributed by atoms with Gasteiger partial charge in [0.05, 0.1) is 0 Å². The highest BCUT2D eigenvalue weighted by Gasteiger charge is 2.06. The van der Waals surface area contributed by atoms with Crippen molar-refractivity contribution in [3.05, 3.63) is 11.9 Å². The number of amides is 1. The molecule has 0 fully saturated rings. The van der Waals surface area contributed by atoms with Crippen LogP contribution in [0.3, 0.4) is 0 Å². The van der Waals surface area contributed by atoms with Gasteiger partial charge in [-0.1, -0.05) is 13.8 Å². The molecule has 0 saturated heterocycles. The molecule has 0 aliphatic rings. The molecule has 1 aromatic rings. The van der Waals surface area contributed by atoms with Crippen LogP contribution in [0.5, 0.6) is 0 Å². The average molecular weight is 293 g/mol. The zero-order valence-electron chi connectivity index (χ0n) is 13.5. The molecule has 118 valence electrons. The summed E-state index contributed by atoms with van der Waals surface area (Å²) in [6.45, 7) is 6.72. The maximum absolute atomic E-state index is 11.7. The van der Waals surface area contributed by atoms with Crippen LogP contribution < -0.4 is 16.0 Å². The van der Waals surface area contributed by atoms with Crippen LogP contribution in [0.15, 0.2) is 6.07 Å². The fraction of sp³-hybridized carbons (Fsp3) is 0.667. The van der Waals surface area contributed by atoms with E-state index in [9.17, 15) is 4.79 Å². The molecule has 0 aromatic carbocycles. The van der Waals surface area contributed by atoms with Crippen LogP contribution in [0.4, 0.5) is 11.6 Å². The number of hydrogen-bond acceptors (Lipinski definition) is 5. The topological polar surface area (TPSA) is 78.9 Å². The molecular formula is C15H27N5O. The predicted octanol–water partition coefficient (Wildman–Crippen LogP) is 2.19. The van der Waals surface area contributed by atoms with Crippen molar-refractivity contribution in [3.8, 4) is 0 Å². The van der Waals surface area contributed by atoms with Crippen molar-refractivity contribution < 1.29 is 4.79 Å². The van der Waals surface area contributed by atoms with Crippen molar-refractivity contribution in [2.45, 2.75) is 52.5 Å². The fourth-order valence-electron chi connectivity index (χ4n) is 1.80. The third-order valence-electron chi connectivity index (χ3n) is 3.18. The van der Waals surface area contributed by atoms with Crippen LogP contribution >= 0.6 is 0 Å². The summed E-state index contributed by atoms with van der Waals surface area (Å²) in [5.41, 5.74) is 0. The van der Waals surface area contributed by atoms with Gasteiger partial charge >= 0.3 is 0 Å². The van der Waals surface area contributed by atoms with E-state index in [0.29, 0.717) is 13.0 Å². The summed E-state index contributed by atoms with van der Waals surface area (Å²) in [6, 6.07) is 2.08. The van der Waals surface area contributed by atoms with Gasteiger partial charge in [-0.25, -0.2) is 9.97 Å². The number of anilines is 2. The SMILES string of the molecule is CCCc1nc(NC)cc(NCCC(=O)NC(C)CC)n1. The molecule has 0 aliphatic carbocycles. The van der Waals surface area contributed by atoms with Crippen LogP contribution in [0, 0.1) is 0 Å². The Kier molecular flexibility index (Phi) is 7.50. The number of aryl methyl sites for hydroxylation is 1. The van der Waals surface area contributed by atoms with Gasteiger partial charge in [0, 0.05) is 38.5 Å². The Labute approximate surface area is 127 Å². The van der Waals surface area contributed by atoms with Gasteiger partial charge in [-0.2, -0.15) is 0 Å². The monoisotopic (exact) mass is 293 g/mol. The Balaban J connectivity index is 2.50. The molecule has 1 amide bonds. The first-order valence-electron chi connectivity index (χ1n) is 7.68. The highest BCUT2D eigenvalue weighted by atomic mass is 16.1. The quantitative estimate of drug-likeness (QED) is 0.650. The van der Waals surface area contributed by atoms with Gasteiger partial charge in [-0.3, -0.25) is 4.79 Å². The second kappa shape index (κ2) is 9.15. The Morgan fingerprint density at radius 3 is 2.62 bits per heavy atom. The summed E-state index contributed by atoms with van der Waals surface area (Å²) in [5, 5.41) is 9.16. The van der Waals surface area contributed by atoms with Gasteiger partial charge in [-0.05, 0) is 19.8 Å². The molecule has 3 N–H and O–H groups in total. The van der Waals surface area contributed by atoms with Crippen LogP contribution in [0.1, 0.15) is 45.9 Å². The van der Waals surface area contributed by atoms with E-state index in [1.807, 2.05) is 20.0 Å². The van der Waals surface area contributed by atoms with E-state index in [1.165, 1.54) is 0 Å². The van der Waals surface area contributed by atoms with E-state index >= 15 is 0 Å². The minimum atomic E-state index is 0.0635. The molecule has 6 nitrogen and oxygen atoms in total. The summed E-state index contributed by atoms with van der Waals surface area (Å²) in [4.78, 5) is 20.5. The number of nitrogens with zero attached hydrogens (tertiary/aromatic N) is 2. The van der Waals surface area contributed by atoms with Gasteiger partial charge in [0.1, 0.15) is 17.5 Å². The third kappa shape index (κ3) is 6.42. The predicted molar refractivity (Wildman–Crippen MR) is 86.6 cm³/mol. The maximum Gasteiger partial charge on any atom is 0.221 e. The Morgan fingerprint density at radius 2 is 2.00 bits per heavy atom. The number of carbonyl (C=O) groups excluding carboxylic acids is 1. The van der Waals surface area contributed by atoms with Gasteiger partial charge < -0.3 is 16.0 Å². The van der Waals surface area contributed by atoms with E-state index in [-0.39, 0.29) is 11.9 Å². The molecule has 0 saturated carbocycles. The molecule has 0 spiro atoms. The van der Waals surface area contributed by atoms with Crippen molar-refractivity contribution >= 4 is 17.5 Å². The molecular weight excluding hydrogens is 266 g/mol. The molecule has 1 atom stereocenters. The molecule has 6 heteroatoms. The molecule has 0 bridgehead atoms. The van der Waals surface area contributed by atoms with Crippen molar-refractivity contribution in [2.24, 2.45) is 0 Å². The number of hydrogen-bond donors (Lipinski definition) is 3. The first kappa shape index (κ1) is 17.2. The maximum atomic E-state index is 11.7. The van der Waals surface area contributed by atoms with Crippen molar-refractivity contribution in [1.82, 2.24) is 15.3 Å². The Hall–Kier alpha value is -1.85. The highest BCUT2D eigenvalue weighted by Crippen LogP contribution is 2.11. The largest absolute Gasteiger partial charge is 0.373 e. The standard InChI is InChI=1S/C15H27N5O/c1-5-7-12-19-13(16-4)10-14(20-12)17-9-8-15(21)18-11(3)6-2/h10-11H,5-9H2,1-4H3,(H,18,21)(H2,16,17,19,20). The summed E-state index contributed by atoms with van der Waals surface area (Å²) >= 11 is 0. The summed E-state index contributed by atoms with van der Waals surface area (Å²) < 4.78 is 0. The van der Waals surface area contributed by atoms with Crippen LogP contribution in [0.2, 0.25) is 0 Å². The lowest BCUT2D eigenvalue weighted by Crippen LogP contribution is -2.33. The van der Waals surface area contributed by atoms with Crippen molar-refractivity contribution in [3.63, 3.8) is 0 Å². The third-order valence-corrected chi connectivity index (χ3v) is 3.18. The molecule has 1 aromatic heterocycles. The number of aromatic nitrogens is 2. The van der Waals surface area contributed by atoms with Crippen LogP contribution in [-0.4, -0.2) is 35.5 Å². The lowest BCUT2D eigenvalue weighted by atomic mass is 10.2. The molecule has 1 unspecified atom stereocenters. The number of carbonyl (C=O) groups is 1. The molecule has 21 heavy (non-hydrogen) atoms. The summed E-state index contributed by atoms with van der Waals surface area (Å²) in [6.07, 6.45) is 3.23. The van der Waals surface area contributed by atoms with E-state index in [4.69, 9.17) is 0 Å². The second-order valence-electron chi connectivity index (χ2n) is 5.11. The lowest BCUT2D eigenvalue weighted by Gasteiger charge is -2.12. The number of rotatable bonds is 9. The van der Waals surface area contributed by atoms with Gasteiger partial charge in [0.15, 0.2) is 0 Å². The van der Waals surface area contributed by atoms with E-state index < -0.39 is 0 Å². The number of nitrogens with one attached hydrogen (secondary N) is 3. The summed E-state index contributed by atoms with van der Waals surface area (Å²) in [7, 11) is 1.83. The van der Waals surface area contributed by atoms with E-state index in [1.54, 1.807) is 0 Å². The molecule has 1 heterocycles. The molecule has 1 rings (SSSR count). The summed E-state index contributed by atoms with van der Waals surface area (Å²) in [5.74, 6) is 2.43. The normalized spacial score (nSPS) is 11.8. The molecule has 0 aliphatic heterocycles. The highest BCUT2D eigenvalue weighted by molar-refractivity contribution is 5.76. The van der Waals surface area contributed by atoms with E-state index in [2.05, 4.69) is 39.8 Å². The van der Waals surface area contributed by atoms with Gasteiger partial charge in [-0.15, -0.1) is 0 Å². The first-order valence-corrected chi connectivity index (χ1v) is 7.68. The smallest absolute Gasteiger partial charge is 0.221 e. The zero-order chi connectivity index (χ0) is 15.7. The molecule has 0 radical (unpaired) electrons. The zero-order valence-corrected chi connectivity index (χ0v) is 13.5. The average Bonchev–Trinajstić information content (AvgIpc) is 2.47. The van der Waals surface area contributed by atoms with Crippen LogP contribution in [-0.2, 0) is 11.2 Å². The Bertz CT molecular complexity index is 450. The fourth-order valence-corrected chi connectivity index (χ4v) is 1.80. The first-order chi connectivity index (χ1) is 10.1. The van der Waals surface area contributed by atoms with Gasteiger partial charge in [0.25, 0.3) is 0 Å². The minimum absolute atomic E-state index is 0.0635. The van der Waals surface area contributed by atoms with Crippen molar-refractivity contribution in [2.75, 3.05) is 24.2 Å². The van der Waals surface area contributed by atoms with Gasteiger partial charge in [0.2, 0.25) is 5.91 Å². The second-order valence-corrected chi connectivity index (χ2v) is 5.11. The minimum Gasteiger partial charge on any atom is -0.373 e. The van der Waals surface area contributed by atoms with Crippen LogP contribution in [0.25, 0.3) is 0 Å². The van der Waals surface area contributed by atoms with Crippen molar-refractivity contribution in [1.29, 1.82) is 0 Å². The van der Waals surface area contributed by atoms with E-state index in [0.717, 1.165) is 36.7 Å². The lowest BCUT2D eigenvalue weighted by molar-refractivity contribution is -0.121. The Morgan fingerprint density at radius 1 is 1.29 bits per heavy atom.